The molecule has 2 N–H and O–H groups in total. The molecular formula is C12H13N3O4S. The number of sulfone groups is 1. The number of hydrogen-bond acceptors (Lipinski definition) is 7. The zero-order valence-corrected chi connectivity index (χ0v) is 11.7. The number of aromatic nitrogens is 2. The third-order valence-corrected chi connectivity index (χ3v) is 3.51. The Labute approximate surface area is 116 Å². The molecule has 0 radical (unpaired) electrons. The molecule has 0 spiro atoms. The predicted molar refractivity (Wildman–Crippen MR) is 72.6 cm³/mol. The van der Waals surface area contributed by atoms with E-state index in [1.54, 1.807) is 0 Å². The largest absolute Gasteiger partial charge is 0.481 e. The van der Waals surface area contributed by atoms with E-state index >= 15 is 0 Å². The van der Waals surface area contributed by atoms with Crippen LogP contribution in [0.15, 0.2) is 35.2 Å². The first-order valence-electron chi connectivity index (χ1n) is 5.55. The van der Waals surface area contributed by atoms with Gasteiger partial charge in [0.1, 0.15) is 5.75 Å². The molecule has 1 heterocycles. The first kappa shape index (κ1) is 14.1. The summed E-state index contributed by atoms with van der Waals surface area (Å²) in [6.07, 6.45) is 1.14. The second kappa shape index (κ2) is 5.33. The summed E-state index contributed by atoms with van der Waals surface area (Å²) in [5, 5.41) is 0. The number of ether oxygens (including phenoxy) is 2. The number of nitrogens with zero attached hydrogens (tertiary/aromatic N) is 2. The molecule has 0 aliphatic rings. The second-order valence-corrected chi connectivity index (χ2v) is 5.97. The lowest BCUT2D eigenvalue weighted by Crippen LogP contribution is -2.00. The highest BCUT2D eigenvalue weighted by atomic mass is 32.2. The Balaban J connectivity index is 2.24. The standard InChI is InChI=1S/C12H13N3O4S/c1-18-10-7-11(15-12(13)14-10)19-8-3-5-9(6-4-8)20(2,16)17/h3-7H,1-2H3,(H2,13,14,15). The van der Waals surface area contributed by atoms with Gasteiger partial charge in [-0.2, -0.15) is 9.97 Å². The van der Waals surface area contributed by atoms with Gasteiger partial charge in [0.2, 0.25) is 17.7 Å². The lowest BCUT2D eigenvalue weighted by atomic mass is 10.3. The van der Waals surface area contributed by atoms with Crippen LogP contribution in [0.2, 0.25) is 0 Å². The highest BCUT2D eigenvalue weighted by molar-refractivity contribution is 7.90. The average Bonchev–Trinajstić information content (AvgIpc) is 2.37. The Bertz CT molecular complexity index is 714. The fourth-order valence-electron chi connectivity index (χ4n) is 1.45. The Kier molecular flexibility index (Phi) is 3.75. The number of methoxy groups -OCH3 is 1. The van der Waals surface area contributed by atoms with E-state index in [-0.39, 0.29) is 22.6 Å². The van der Waals surface area contributed by atoms with Gasteiger partial charge in [-0.15, -0.1) is 0 Å². The van der Waals surface area contributed by atoms with E-state index < -0.39 is 9.84 Å². The van der Waals surface area contributed by atoms with Crippen LogP contribution in [-0.2, 0) is 9.84 Å². The van der Waals surface area contributed by atoms with Crippen LogP contribution in [-0.4, -0.2) is 31.8 Å². The molecule has 0 aliphatic heterocycles. The minimum atomic E-state index is -3.23. The molecule has 0 fully saturated rings. The number of hydrogen-bond donors (Lipinski definition) is 1. The van der Waals surface area contributed by atoms with Crippen LogP contribution in [0.3, 0.4) is 0 Å². The van der Waals surface area contributed by atoms with Crippen molar-refractivity contribution in [2.45, 2.75) is 4.90 Å². The summed E-state index contributed by atoms with van der Waals surface area (Å²) in [5.74, 6) is 0.936. The summed E-state index contributed by atoms with van der Waals surface area (Å²) in [4.78, 5) is 7.93. The Morgan fingerprint density at radius 3 is 2.25 bits per heavy atom. The van der Waals surface area contributed by atoms with Crippen LogP contribution in [0, 0.1) is 0 Å². The number of benzene rings is 1. The van der Waals surface area contributed by atoms with Crippen molar-refractivity contribution in [3.63, 3.8) is 0 Å². The maximum atomic E-state index is 11.3. The third-order valence-electron chi connectivity index (χ3n) is 2.38. The molecule has 1 aromatic carbocycles. The van der Waals surface area contributed by atoms with Gasteiger partial charge in [0.05, 0.1) is 18.1 Å². The summed E-state index contributed by atoms with van der Waals surface area (Å²) in [6, 6.07) is 7.43. The summed E-state index contributed by atoms with van der Waals surface area (Å²) < 4.78 is 33.1. The lowest BCUT2D eigenvalue weighted by Gasteiger charge is -2.07. The van der Waals surface area contributed by atoms with Gasteiger partial charge in [-0.05, 0) is 24.3 Å². The van der Waals surface area contributed by atoms with Crippen LogP contribution in [0.4, 0.5) is 5.95 Å². The SMILES string of the molecule is COc1cc(Oc2ccc(S(C)(=O)=O)cc2)nc(N)n1. The molecule has 8 heteroatoms. The minimum Gasteiger partial charge on any atom is -0.481 e. The molecule has 2 aromatic rings. The highest BCUT2D eigenvalue weighted by Crippen LogP contribution is 2.24. The zero-order valence-electron chi connectivity index (χ0n) is 10.9. The van der Waals surface area contributed by atoms with Gasteiger partial charge in [-0.1, -0.05) is 0 Å². The lowest BCUT2D eigenvalue weighted by molar-refractivity contribution is 0.389. The van der Waals surface area contributed by atoms with E-state index in [1.807, 2.05) is 0 Å². The Hall–Kier alpha value is -2.35. The zero-order chi connectivity index (χ0) is 14.8. The van der Waals surface area contributed by atoms with E-state index in [0.717, 1.165) is 6.26 Å². The first-order chi connectivity index (χ1) is 9.38. The quantitative estimate of drug-likeness (QED) is 0.905. The summed E-state index contributed by atoms with van der Waals surface area (Å²) >= 11 is 0. The second-order valence-electron chi connectivity index (χ2n) is 3.95. The third kappa shape index (κ3) is 3.35. The van der Waals surface area contributed by atoms with Gasteiger partial charge in [0.15, 0.2) is 9.84 Å². The average molecular weight is 295 g/mol. The molecule has 0 bridgehead atoms. The molecule has 20 heavy (non-hydrogen) atoms. The summed E-state index contributed by atoms with van der Waals surface area (Å²) in [7, 11) is -1.78. The molecule has 0 aliphatic carbocycles. The molecule has 0 atom stereocenters. The fourth-order valence-corrected chi connectivity index (χ4v) is 2.08. The van der Waals surface area contributed by atoms with Gasteiger partial charge in [-0.25, -0.2) is 8.42 Å². The Morgan fingerprint density at radius 2 is 1.70 bits per heavy atom. The van der Waals surface area contributed by atoms with E-state index in [1.165, 1.54) is 37.4 Å². The van der Waals surface area contributed by atoms with Gasteiger partial charge in [0.25, 0.3) is 0 Å². The molecule has 7 nitrogen and oxygen atoms in total. The van der Waals surface area contributed by atoms with Crippen molar-refractivity contribution in [3.05, 3.63) is 30.3 Å². The van der Waals surface area contributed by atoms with Crippen LogP contribution < -0.4 is 15.2 Å². The molecular weight excluding hydrogens is 282 g/mol. The number of anilines is 1. The van der Waals surface area contributed by atoms with Crippen molar-refractivity contribution in [3.8, 4) is 17.5 Å². The van der Waals surface area contributed by atoms with Crippen LogP contribution in [0.25, 0.3) is 0 Å². The van der Waals surface area contributed by atoms with E-state index in [0.29, 0.717) is 5.75 Å². The normalized spacial score (nSPS) is 11.1. The van der Waals surface area contributed by atoms with Gasteiger partial charge in [-0.3, -0.25) is 0 Å². The summed E-state index contributed by atoms with van der Waals surface area (Å²) in [6.45, 7) is 0. The van der Waals surface area contributed by atoms with Crippen molar-refractivity contribution >= 4 is 15.8 Å². The molecule has 0 saturated carbocycles. The molecule has 2 rings (SSSR count). The van der Waals surface area contributed by atoms with Crippen molar-refractivity contribution in [1.29, 1.82) is 0 Å². The van der Waals surface area contributed by atoms with Gasteiger partial charge < -0.3 is 15.2 Å². The molecule has 1 aromatic heterocycles. The smallest absolute Gasteiger partial charge is 0.227 e. The van der Waals surface area contributed by atoms with Crippen molar-refractivity contribution in [2.75, 3.05) is 19.1 Å². The van der Waals surface area contributed by atoms with E-state index in [9.17, 15) is 8.42 Å². The number of rotatable bonds is 4. The first-order valence-corrected chi connectivity index (χ1v) is 7.44. The van der Waals surface area contributed by atoms with Crippen molar-refractivity contribution < 1.29 is 17.9 Å². The van der Waals surface area contributed by atoms with Crippen LogP contribution in [0.5, 0.6) is 17.5 Å². The van der Waals surface area contributed by atoms with Gasteiger partial charge >= 0.3 is 0 Å². The number of nitrogens with two attached hydrogens (primary N) is 1. The maximum Gasteiger partial charge on any atom is 0.227 e. The highest BCUT2D eigenvalue weighted by Gasteiger charge is 2.08. The number of nitrogen functional groups attached to an aromatic ring is 1. The topological polar surface area (TPSA) is 104 Å². The van der Waals surface area contributed by atoms with E-state index in [2.05, 4.69) is 9.97 Å². The summed E-state index contributed by atoms with van der Waals surface area (Å²) in [5.41, 5.74) is 5.51. The Morgan fingerprint density at radius 1 is 1.10 bits per heavy atom. The van der Waals surface area contributed by atoms with Gasteiger partial charge in [0, 0.05) is 6.26 Å². The minimum absolute atomic E-state index is 0.0205. The molecule has 0 unspecified atom stereocenters. The maximum absolute atomic E-state index is 11.3. The molecule has 0 amide bonds. The van der Waals surface area contributed by atoms with Crippen LogP contribution in [0.1, 0.15) is 0 Å². The van der Waals surface area contributed by atoms with Crippen molar-refractivity contribution in [2.24, 2.45) is 0 Å². The monoisotopic (exact) mass is 295 g/mol. The van der Waals surface area contributed by atoms with E-state index in [4.69, 9.17) is 15.2 Å². The fraction of sp³-hybridized carbons (Fsp3) is 0.167. The molecule has 106 valence electrons. The van der Waals surface area contributed by atoms with Crippen LogP contribution >= 0.6 is 0 Å². The molecule has 0 saturated heterocycles. The predicted octanol–water partition coefficient (Wildman–Crippen LogP) is 1.26. The van der Waals surface area contributed by atoms with Crippen molar-refractivity contribution in [1.82, 2.24) is 9.97 Å².